The van der Waals surface area contributed by atoms with E-state index in [4.69, 9.17) is 4.99 Å². The number of amidine groups is 1. The second-order valence-electron chi connectivity index (χ2n) is 15.9. The third kappa shape index (κ3) is 4.87. The van der Waals surface area contributed by atoms with Crippen LogP contribution >= 0.6 is 0 Å². The van der Waals surface area contributed by atoms with Crippen LogP contribution in [-0.2, 0) is 0 Å². The Hall–Kier alpha value is -7.03. The molecule has 0 spiro atoms. The van der Waals surface area contributed by atoms with E-state index in [1.54, 1.807) is 0 Å². The molecule has 2 nitrogen and oxygen atoms in total. The highest BCUT2D eigenvalue weighted by Crippen LogP contribution is 2.64. The van der Waals surface area contributed by atoms with Crippen LogP contribution in [0, 0.1) is 0 Å². The third-order valence-corrected chi connectivity index (χ3v) is 12.7. The third-order valence-electron chi connectivity index (χ3n) is 12.7. The van der Waals surface area contributed by atoms with Gasteiger partial charge in [-0.05, 0) is 113 Å². The smallest absolute Gasteiger partial charge is 0.137 e. The van der Waals surface area contributed by atoms with Gasteiger partial charge in [-0.15, -0.1) is 0 Å². The van der Waals surface area contributed by atoms with Gasteiger partial charge in [0.25, 0.3) is 0 Å². The fourth-order valence-electron chi connectivity index (χ4n) is 9.94. The topological polar surface area (TPSA) is 15.6 Å². The van der Waals surface area contributed by atoms with Crippen LogP contribution in [0.4, 0.5) is 0 Å². The zero-order valence-corrected chi connectivity index (χ0v) is 31.4. The molecule has 1 heterocycles. The molecule has 8 aromatic carbocycles. The second-order valence-corrected chi connectivity index (χ2v) is 15.9. The Kier molecular flexibility index (Phi) is 6.92. The van der Waals surface area contributed by atoms with E-state index in [1.165, 1.54) is 82.2 Å². The minimum atomic E-state index is -0.209. The number of fused-ring (bicyclic) bond motifs is 4. The van der Waals surface area contributed by atoms with Crippen molar-refractivity contribution >= 4 is 48.9 Å². The Morgan fingerprint density at radius 1 is 0.456 bits per heavy atom. The molecule has 0 saturated heterocycles. The summed E-state index contributed by atoms with van der Waals surface area (Å²) in [6.07, 6.45) is 22.1. The lowest BCUT2D eigenvalue weighted by atomic mass is 9.84. The zero-order valence-electron chi connectivity index (χ0n) is 31.4. The molecule has 3 aliphatic carbocycles. The van der Waals surface area contributed by atoms with E-state index in [9.17, 15) is 0 Å². The van der Waals surface area contributed by atoms with E-state index in [2.05, 4.69) is 211 Å². The first-order chi connectivity index (χ1) is 28.2. The average molecular weight is 727 g/mol. The first-order valence-electron chi connectivity index (χ1n) is 20.1. The Labute approximate surface area is 332 Å². The predicted molar refractivity (Wildman–Crippen MR) is 240 cm³/mol. The Morgan fingerprint density at radius 2 is 1.07 bits per heavy atom. The van der Waals surface area contributed by atoms with Crippen LogP contribution in [0.3, 0.4) is 0 Å². The largest absolute Gasteiger partial charge is 0.314 e. The van der Waals surface area contributed by atoms with Crippen molar-refractivity contribution in [2.24, 2.45) is 4.99 Å². The van der Waals surface area contributed by atoms with Gasteiger partial charge in [0.1, 0.15) is 11.4 Å². The van der Waals surface area contributed by atoms with Gasteiger partial charge in [-0.25, -0.2) is 0 Å². The quantitative estimate of drug-likeness (QED) is 0.161. The summed E-state index contributed by atoms with van der Waals surface area (Å²) >= 11 is 0. The van der Waals surface area contributed by atoms with Crippen molar-refractivity contribution < 1.29 is 0 Å². The van der Waals surface area contributed by atoms with Gasteiger partial charge in [-0.2, -0.15) is 0 Å². The van der Waals surface area contributed by atoms with E-state index >= 15 is 0 Å². The molecular formula is C55H38N2. The summed E-state index contributed by atoms with van der Waals surface area (Å²) in [5.74, 6) is 1.04. The predicted octanol–water partition coefficient (Wildman–Crippen LogP) is 13.8. The number of nitrogens with zero attached hydrogens (tertiary/aromatic N) is 2. The number of hydrogen-bond acceptors (Lipinski definition) is 2. The van der Waals surface area contributed by atoms with Gasteiger partial charge in [0.15, 0.2) is 0 Å². The minimum Gasteiger partial charge on any atom is -0.314 e. The van der Waals surface area contributed by atoms with Gasteiger partial charge in [0.05, 0.1) is 5.54 Å². The molecule has 1 aliphatic heterocycles. The fourth-order valence-corrected chi connectivity index (χ4v) is 9.94. The summed E-state index contributed by atoms with van der Waals surface area (Å²) in [4.78, 5) is 8.05. The summed E-state index contributed by atoms with van der Waals surface area (Å²) < 4.78 is 0. The maximum Gasteiger partial charge on any atom is 0.137 e. The number of allylic oxidation sites excluding steroid dienone is 7. The molecule has 12 rings (SSSR count). The first kappa shape index (κ1) is 32.2. The van der Waals surface area contributed by atoms with Gasteiger partial charge < -0.3 is 4.90 Å². The highest BCUT2D eigenvalue weighted by atomic mass is 15.4. The molecule has 8 aromatic rings. The zero-order chi connectivity index (χ0) is 37.6. The van der Waals surface area contributed by atoms with Crippen molar-refractivity contribution in [1.29, 1.82) is 0 Å². The molecule has 0 bridgehead atoms. The average Bonchev–Trinajstić information content (AvgIpc) is 3.94. The minimum absolute atomic E-state index is 0.147. The Morgan fingerprint density at radius 3 is 1.82 bits per heavy atom. The maximum absolute atomic E-state index is 5.54. The number of benzene rings is 8. The molecule has 268 valence electrons. The van der Waals surface area contributed by atoms with Crippen LogP contribution in [-0.4, -0.2) is 21.8 Å². The molecule has 0 radical (unpaired) electrons. The SMILES string of the molecule is C1=CCC=C(N2C(c3cccc(-c4ccc5c(-c6ccc7ccccc7c6)c6ccccc6c(-c6ccc7ccccc7c6)c5c4)c3)=NC34C=CC=CC23C4)C=C1. The molecule has 4 aliphatic rings. The normalized spacial score (nSPS) is 20.5. The Balaban J connectivity index is 1.07. The van der Waals surface area contributed by atoms with Crippen molar-refractivity contribution in [2.75, 3.05) is 0 Å². The summed E-state index contributed by atoms with van der Waals surface area (Å²) in [5.41, 5.74) is 9.35. The van der Waals surface area contributed by atoms with Crippen LogP contribution in [0.15, 0.2) is 217 Å². The number of hydrogen-bond donors (Lipinski definition) is 0. The fraction of sp³-hybridized carbons (Fsp3) is 0.0727. The van der Waals surface area contributed by atoms with E-state index in [0.29, 0.717) is 0 Å². The molecule has 0 aromatic heterocycles. The van der Waals surface area contributed by atoms with Crippen LogP contribution in [0.2, 0.25) is 0 Å². The molecule has 2 unspecified atom stereocenters. The summed E-state index contributed by atoms with van der Waals surface area (Å²) in [7, 11) is 0. The van der Waals surface area contributed by atoms with Gasteiger partial charge in [0.2, 0.25) is 0 Å². The molecule has 2 heteroatoms. The lowest BCUT2D eigenvalue weighted by Crippen LogP contribution is -2.40. The molecular weight excluding hydrogens is 689 g/mol. The van der Waals surface area contributed by atoms with E-state index < -0.39 is 0 Å². The molecule has 1 saturated carbocycles. The Bertz CT molecular complexity index is 3210. The van der Waals surface area contributed by atoms with Crippen LogP contribution in [0.1, 0.15) is 18.4 Å². The molecule has 2 atom stereocenters. The number of rotatable bonds is 5. The van der Waals surface area contributed by atoms with Crippen molar-refractivity contribution in [3.8, 4) is 33.4 Å². The molecule has 0 amide bonds. The van der Waals surface area contributed by atoms with E-state index in [1.807, 2.05) is 0 Å². The van der Waals surface area contributed by atoms with E-state index in [0.717, 1.165) is 24.2 Å². The van der Waals surface area contributed by atoms with Crippen LogP contribution in [0.5, 0.6) is 0 Å². The highest BCUT2D eigenvalue weighted by molar-refractivity contribution is 6.22. The van der Waals surface area contributed by atoms with Gasteiger partial charge in [-0.1, -0.05) is 176 Å². The van der Waals surface area contributed by atoms with Gasteiger partial charge in [-0.3, -0.25) is 4.99 Å². The summed E-state index contributed by atoms with van der Waals surface area (Å²) in [5, 5.41) is 10.0. The highest BCUT2D eigenvalue weighted by Gasteiger charge is 2.74. The molecule has 57 heavy (non-hydrogen) atoms. The molecule has 0 N–H and O–H groups in total. The van der Waals surface area contributed by atoms with Crippen molar-refractivity contribution in [3.63, 3.8) is 0 Å². The lowest BCUT2D eigenvalue weighted by molar-refractivity contribution is 0.426. The molecule has 1 fully saturated rings. The van der Waals surface area contributed by atoms with Crippen molar-refractivity contribution in [3.05, 3.63) is 218 Å². The van der Waals surface area contributed by atoms with E-state index in [-0.39, 0.29) is 11.1 Å². The number of aliphatic imine (C=N–C) groups is 1. The standard InChI is InChI=1S/C55H38N2/c1-2-4-21-46(20-3-1)57-53(56-54-30-11-12-31-55(54,57)36-54)45-19-13-18-41(34-45)42-28-29-49-50(35-42)52(44-27-25-38-15-6-8-17-40(38)33-44)48-23-10-9-22-47(48)51(49)43-26-24-37-14-5-7-16-39(37)32-43/h1-3,5-35H,4,36H2. The maximum atomic E-state index is 5.54. The van der Waals surface area contributed by atoms with Crippen LogP contribution in [0.25, 0.3) is 76.5 Å². The van der Waals surface area contributed by atoms with Crippen molar-refractivity contribution in [2.45, 2.75) is 23.9 Å². The lowest BCUT2D eigenvalue weighted by Gasteiger charge is -2.31. The van der Waals surface area contributed by atoms with Gasteiger partial charge in [0, 0.05) is 17.7 Å². The summed E-state index contributed by atoms with van der Waals surface area (Å²) in [6, 6.07) is 56.3. The second kappa shape index (κ2) is 12.2. The first-order valence-corrected chi connectivity index (χ1v) is 20.1. The monoisotopic (exact) mass is 726 g/mol. The summed E-state index contributed by atoms with van der Waals surface area (Å²) in [6.45, 7) is 0. The van der Waals surface area contributed by atoms with Crippen LogP contribution < -0.4 is 0 Å². The van der Waals surface area contributed by atoms with Crippen molar-refractivity contribution in [1.82, 2.24) is 4.90 Å². The van der Waals surface area contributed by atoms with Gasteiger partial charge >= 0.3 is 0 Å².